The summed E-state index contributed by atoms with van der Waals surface area (Å²) in [6.07, 6.45) is 4.02. The van der Waals surface area contributed by atoms with Crippen molar-refractivity contribution in [3.63, 3.8) is 0 Å². The second-order valence-corrected chi connectivity index (χ2v) is 7.03. The second kappa shape index (κ2) is 6.57. The minimum Gasteiger partial charge on any atom is -0.393 e. The van der Waals surface area contributed by atoms with Crippen LogP contribution in [0.15, 0.2) is 0 Å². The van der Waals surface area contributed by atoms with E-state index in [0.717, 1.165) is 25.8 Å². The summed E-state index contributed by atoms with van der Waals surface area (Å²) in [5, 5.41) is 12.9. The van der Waals surface area contributed by atoms with Gasteiger partial charge >= 0.3 is 0 Å². The zero-order valence-corrected chi connectivity index (χ0v) is 10.8. The van der Waals surface area contributed by atoms with Gasteiger partial charge in [0.05, 0.1) is 11.9 Å². The van der Waals surface area contributed by atoms with Crippen molar-refractivity contribution in [1.82, 2.24) is 5.32 Å². The lowest BCUT2D eigenvalue weighted by Gasteiger charge is -2.27. The summed E-state index contributed by atoms with van der Waals surface area (Å²) < 4.78 is 22.5. The molecular formula is C11H23NO3S. The number of hydrogen-bond acceptors (Lipinski definition) is 4. The van der Waals surface area contributed by atoms with E-state index in [4.69, 9.17) is 0 Å². The van der Waals surface area contributed by atoms with Crippen molar-refractivity contribution in [3.05, 3.63) is 0 Å². The molecule has 0 radical (unpaired) electrons. The van der Waals surface area contributed by atoms with Crippen LogP contribution in [0, 0.1) is 5.92 Å². The molecule has 2 unspecified atom stereocenters. The molecule has 2 atom stereocenters. The first-order chi connectivity index (χ1) is 7.55. The van der Waals surface area contributed by atoms with Gasteiger partial charge in [0.1, 0.15) is 0 Å². The van der Waals surface area contributed by atoms with Gasteiger partial charge < -0.3 is 10.4 Å². The monoisotopic (exact) mass is 249 g/mol. The lowest BCUT2D eigenvalue weighted by Crippen LogP contribution is -2.35. The molecule has 0 heterocycles. The fourth-order valence-corrected chi connectivity index (χ4v) is 2.83. The highest BCUT2D eigenvalue weighted by Crippen LogP contribution is 2.23. The van der Waals surface area contributed by atoms with E-state index < -0.39 is 9.84 Å². The molecule has 0 aromatic carbocycles. The van der Waals surface area contributed by atoms with E-state index in [1.54, 1.807) is 6.92 Å². The Balaban J connectivity index is 2.15. The van der Waals surface area contributed by atoms with Crippen molar-refractivity contribution >= 4 is 9.84 Å². The van der Waals surface area contributed by atoms with Gasteiger partial charge in [0.15, 0.2) is 9.84 Å². The van der Waals surface area contributed by atoms with E-state index in [1.807, 2.05) is 0 Å². The standard InChI is InChI=1S/C11H23NO3S/c1-2-16(14,15)8-7-12-9-10-5-3-4-6-11(10)13/h10-13H,2-9H2,1H3. The van der Waals surface area contributed by atoms with Gasteiger partial charge in [0, 0.05) is 18.8 Å². The Morgan fingerprint density at radius 1 is 1.31 bits per heavy atom. The van der Waals surface area contributed by atoms with Crippen molar-refractivity contribution in [3.8, 4) is 0 Å². The molecule has 1 saturated carbocycles. The van der Waals surface area contributed by atoms with E-state index in [0.29, 0.717) is 12.5 Å². The van der Waals surface area contributed by atoms with Gasteiger partial charge in [-0.2, -0.15) is 0 Å². The zero-order chi connectivity index (χ0) is 12.0. The summed E-state index contributed by atoms with van der Waals surface area (Å²) in [4.78, 5) is 0. The fourth-order valence-electron chi connectivity index (χ4n) is 2.09. The molecule has 4 nitrogen and oxygen atoms in total. The van der Waals surface area contributed by atoms with Crippen LogP contribution in [0.2, 0.25) is 0 Å². The molecule has 1 fully saturated rings. The molecule has 5 heteroatoms. The normalized spacial score (nSPS) is 26.9. The first-order valence-electron chi connectivity index (χ1n) is 6.14. The second-order valence-electron chi connectivity index (χ2n) is 4.55. The smallest absolute Gasteiger partial charge is 0.151 e. The van der Waals surface area contributed by atoms with E-state index >= 15 is 0 Å². The molecule has 0 aromatic heterocycles. The minimum absolute atomic E-state index is 0.201. The molecule has 16 heavy (non-hydrogen) atoms. The van der Waals surface area contributed by atoms with Gasteiger partial charge in [0.2, 0.25) is 0 Å². The van der Waals surface area contributed by atoms with Crippen molar-refractivity contribution in [2.45, 2.75) is 38.7 Å². The van der Waals surface area contributed by atoms with E-state index in [2.05, 4.69) is 5.32 Å². The van der Waals surface area contributed by atoms with E-state index in [-0.39, 0.29) is 17.6 Å². The van der Waals surface area contributed by atoms with Crippen LogP contribution >= 0.6 is 0 Å². The summed E-state index contributed by atoms with van der Waals surface area (Å²) in [5.41, 5.74) is 0. The third kappa shape index (κ3) is 4.80. The molecule has 2 N–H and O–H groups in total. The first-order valence-corrected chi connectivity index (χ1v) is 7.96. The lowest BCUT2D eigenvalue weighted by atomic mass is 9.86. The highest BCUT2D eigenvalue weighted by molar-refractivity contribution is 7.91. The molecular weight excluding hydrogens is 226 g/mol. The Labute approximate surface area is 98.4 Å². The van der Waals surface area contributed by atoms with Gasteiger partial charge in [-0.25, -0.2) is 8.42 Å². The number of rotatable bonds is 6. The topological polar surface area (TPSA) is 66.4 Å². The molecule has 0 aromatic rings. The SMILES string of the molecule is CCS(=O)(=O)CCNCC1CCCCC1O. The number of aliphatic hydroxyl groups is 1. The van der Waals surface area contributed by atoms with Gasteiger partial charge in [0.25, 0.3) is 0 Å². The predicted molar refractivity (Wildman–Crippen MR) is 65.2 cm³/mol. The molecule has 96 valence electrons. The lowest BCUT2D eigenvalue weighted by molar-refractivity contribution is 0.0700. The Morgan fingerprint density at radius 2 is 2.00 bits per heavy atom. The molecule has 0 aliphatic heterocycles. The highest BCUT2D eigenvalue weighted by Gasteiger charge is 2.22. The maximum Gasteiger partial charge on any atom is 0.151 e. The molecule has 0 spiro atoms. The molecule has 1 rings (SSSR count). The van der Waals surface area contributed by atoms with Crippen LogP contribution in [0.25, 0.3) is 0 Å². The third-order valence-electron chi connectivity index (χ3n) is 3.31. The maximum absolute atomic E-state index is 11.2. The van der Waals surface area contributed by atoms with Gasteiger partial charge in [-0.3, -0.25) is 0 Å². The number of aliphatic hydroxyl groups excluding tert-OH is 1. The number of sulfone groups is 1. The van der Waals surface area contributed by atoms with Crippen LogP contribution in [0.4, 0.5) is 0 Å². The molecule has 0 saturated heterocycles. The average Bonchev–Trinajstić information content (AvgIpc) is 2.27. The van der Waals surface area contributed by atoms with E-state index in [9.17, 15) is 13.5 Å². The third-order valence-corrected chi connectivity index (χ3v) is 5.01. The van der Waals surface area contributed by atoms with Crippen LogP contribution in [0.5, 0.6) is 0 Å². The molecule has 0 bridgehead atoms. The summed E-state index contributed by atoms with van der Waals surface area (Å²) in [6.45, 7) is 2.90. The van der Waals surface area contributed by atoms with Gasteiger partial charge in [-0.1, -0.05) is 19.8 Å². The predicted octanol–water partition coefficient (Wildman–Crippen LogP) is 0.562. The molecule has 1 aliphatic carbocycles. The average molecular weight is 249 g/mol. The van der Waals surface area contributed by atoms with Gasteiger partial charge in [-0.15, -0.1) is 0 Å². The van der Waals surface area contributed by atoms with E-state index in [1.165, 1.54) is 6.42 Å². The minimum atomic E-state index is -2.86. The number of hydrogen-bond donors (Lipinski definition) is 2. The van der Waals surface area contributed by atoms with Crippen LogP contribution < -0.4 is 5.32 Å². The fraction of sp³-hybridized carbons (Fsp3) is 1.00. The summed E-state index contributed by atoms with van der Waals surface area (Å²) >= 11 is 0. The largest absolute Gasteiger partial charge is 0.393 e. The Hall–Kier alpha value is -0.130. The zero-order valence-electron chi connectivity index (χ0n) is 9.98. The first kappa shape index (κ1) is 13.9. The van der Waals surface area contributed by atoms with Crippen LogP contribution in [0.3, 0.4) is 0 Å². The molecule has 1 aliphatic rings. The highest BCUT2D eigenvalue weighted by atomic mass is 32.2. The summed E-state index contributed by atoms with van der Waals surface area (Å²) in [5.74, 6) is 0.714. The van der Waals surface area contributed by atoms with Crippen molar-refractivity contribution in [2.24, 2.45) is 5.92 Å². The van der Waals surface area contributed by atoms with Crippen LogP contribution in [0.1, 0.15) is 32.6 Å². The van der Waals surface area contributed by atoms with Crippen molar-refractivity contribution in [2.75, 3.05) is 24.6 Å². The van der Waals surface area contributed by atoms with Crippen LogP contribution in [-0.4, -0.2) is 44.2 Å². The molecule has 0 amide bonds. The summed E-state index contributed by atoms with van der Waals surface area (Å²) in [6, 6.07) is 0. The number of nitrogens with one attached hydrogen (secondary N) is 1. The van der Waals surface area contributed by atoms with Gasteiger partial charge in [-0.05, 0) is 18.8 Å². The summed E-state index contributed by atoms with van der Waals surface area (Å²) in [7, 11) is -2.86. The Bertz CT molecular complexity index is 290. The quantitative estimate of drug-likeness (QED) is 0.675. The van der Waals surface area contributed by atoms with Crippen molar-refractivity contribution in [1.29, 1.82) is 0 Å². The van der Waals surface area contributed by atoms with Crippen molar-refractivity contribution < 1.29 is 13.5 Å². The Morgan fingerprint density at radius 3 is 2.62 bits per heavy atom. The Kier molecular flexibility index (Phi) is 5.72. The van der Waals surface area contributed by atoms with Crippen LogP contribution in [-0.2, 0) is 9.84 Å². The maximum atomic E-state index is 11.2.